The van der Waals surface area contributed by atoms with E-state index in [-0.39, 0.29) is 5.91 Å². The number of carbonyl (C=O) groups is 1. The summed E-state index contributed by atoms with van der Waals surface area (Å²) >= 11 is 0. The zero-order chi connectivity index (χ0) is 15.8. The normalized spacial score (nSPS) is 28.7. The van der Waals surface area contributed by atoms with Crippen LogP contribution in [-0.2, 0) is 16.1 Å². The molecule has 5 heteroatoms. The zero-order valence-electron chi connectivity index (χ0n) is 13.4. The van der Waals surface area contributed by atoms with Crippen LogP contribution in [0.5, 0.6) is 5.75 Å². The minimum atomic E-state index is -0.414. The number of rotatable bonds is 4. The Hall–Kier alpha value is -2.04. The van der Waals surface area contributed by atoms with E-state index in [1.54, 1.807) is 7.11 Å². The fourth-order valence-corrected chi connectivity index (χ4v) is 4.02. The largest absolute Gasteiger partial charge is 0.497 e. The summed E-state index contributed by atoms with van der Waals surface area (Å²) in [6.07, 6.45) is 4.53. The Labute approximate surface area is 136 Å². The molecule has 1 aromatic rings. The topological polar surface area (TPSA) is 51.1 Å². The van der Waals surface area contributed by atoms with Gasteiger partial charge < -0.3 is 14.5 Å². The van der Waals surface area contributed by atoms with E-state index in [1.807, 2.05) is 29.2 Å². The van der Waals surface area contributed by atoms with Crippen molar-refractivity contribution in [1.82, 2.24) is 4.90 Å². The number of likely N-dealkylation sites (tertiary alicyclic amines) is 1. The Morgan fingerprint density at radius 2 is 2.17 bits per heavy atom. The number of benzene rings is 1. The highest BCUT2D eigenvalue weighted by atomic mass is 16.6. The number of hydrogen-bond donors (Lipinski definition) is 0. The molecule has 1 saturated carbocycles. The minimum absolute atomic E-state index is 0.130. The lowest BCUT2D eigenvalue weighted by Gasteiger charge is -2.28. The SMILES string of the molecule is COc1ccc(CC2=NOC(C(=O)N3CC4CCC3C4)C2)cc1. The van der Waals surface area contributed by atoms with Crippen molar-refractivity contribution >= 4 is 11.6 Å². The highest BCUT2D eigenvalue weighted by molar-refractivity contribution is 5.94. The quantitative estimate of drug-likeness (QED) is 0.857. The lowest BCUT2D eigenvalue weighted by molar-refractivity contribution is -0.143. The standard InChI is InChI=1S/C18H22N2O3/c1-22-16-6-3-12(4-7-16)8-14-10-17(23-19-14)18(21)20-11-13-2-5-15(20)9-13/h3-4,6-7,13,15,17H,2,5,8-11H2,1H3. The molecule has 2 aliphatic heterocycles. The number of carbonyl (C=O) groups excluding carboxylic acids is 1. The van der Waals surface area contributed by atoms with Crippen molar-refractivity contribution in [3.63, 3.8) is 0 Å². The van der Waals surface area contributed by atoms with Gasteiger partial charge in [0, 0.05) is 25.4 Å². The van der Waals surface area contributed by atoms with Gasteiger partial charge in [-0.3, -0.25) is 4.79 Å². The van der Waals surface area contributed by atoms with E-state index in [0.717, 1.165) is 36.4 Å². The van der Waals surface area contributed by atoms with Crippen LogP contribution in [0.25, 0.3) is 0 Å². The van der Waals surface area contributed by atoms with Crippen LogP contribution in [0.15, 0.2) is 29.4 Å². The van der Waals surface area contributed by atoms with Crippen LogP contribution in [-0.4, -0.2) is 42.3 Å². The lowest BCUT2D eigenvalue weighted by Crippen LogP contribution is -2.43. The van der Waals surface area contributed by atoms with Crippen LogP contribution >= 0.6 is 0 Å². The molecule has 4 rings (SSSR count). The molecule has 1 aromatic carbocycles. The first-order valence-corrected chi connectivity index (χ1v) is 8.38. The number of fused-ring (bicyclic) bond motifs is 2. The third-order valence-electron chi connectivity index (χ3n) is 5.27. The maximum Gasteiger partial charge on any atom is 0.267 e. The van der Waals surface area contributed by atoms with Crippen LogP contribution in [0.2, 0.25) is 0 Å². The Morgan fingerprint density at radius 1 is 1.35 bits per heavy atom. The average molecular weight is 314 g/mol. The molecule has 0 N–H and O–H groups in total. The fraction of sp³-hybridized carbons (Fsp3) is 0.556. The van der Waals surface area contributed by atoms with E-state index in [9.17, 15) is 4.79 Å². The maximum absolute atomic E-state index is 12.6. The zero-order valence-corrected chi connectivity index (χ0v) is 13.4. The molecule has 2 bridgehead atoms. The number of amides is 1. The van der Waals surface area contributed by atoms with E-state index < -0.39 is 6.10 Å². The van der Waals surface area contributed by atoms with E-state index in [1.165, 1.54) is 12.8 Å². The van der Waals surface area contributed by atoms with Crippen molar-refractivity contribution in [2.45, 2.75) is 44.2 Å². The van der Waals surface area contributed by atoms with Gasteiger partial charge in [0.1, 0.15) is 5.75 Å². The van der Waals surface area contributed by atoms with Crippen LogP contribution in [0, 0.1) is 5.92 Å². The molecule has 0 radical (unpaired) electrons. The first-order chi connectivity index (χ1) is 11.2. The Bertz CT molecular complexity index is 626. The first-order valence-electron chi connectivity index (χ1n) is 8.38. The minimum Gasteiger partial charge on any atom is -0.497 e. The third-order valence-corrected chi connectivity index (χ3v) is 5.27. The van der Waals surface area contributed by atoms with Crippen LogP contribution in [0.4, 0.5) is 0 Å². The second-order valence-corrected chi connectivity index (χ2v) is 6.80. The molecule has 3 atom stereocenters. The summed E-state index contributed by atoms with van der Waals surface area (Å²) in [6, 6.07) is 8.37. The third kappa shape index (κ3) is 2.80. The number of ether oxygens (including phenoxy) is 1. The maximum atomic E-state index is 12.6. The van der Waals surface area contributed by atoms with E-state index in [2.05, 4.69) is 5.16 Å². The van der Waals surface area contributed by atoms with Gasteiger partial charge in [-0.1, -0.05) is 17.3 Å². The number of piperidine rings is 1. The number of nitrogens with zero attached hydrogens (tertiary/aromatic N) is 2. The molecule has 23 heavy (non-hydrogen) atoms. The summed E-state index contributed by atoms with van der Waals surface area (Å²) in [5.41, 5.74) is 2.10. The second kappa shape index (κ2) is 5.87. The summed E-state index contributed by atoms with van der Waals surface area (Å²) in [7, 11) is 1.66. The highest BCUT2D eigenvalue weighted by Crippen LogP contribution is 2.38. The van der Waals surface area contributed by atoms with Gasteiger partial charge in [0.2, 0.25) is 6.10 Å². The second-order valence-electron chi connectivity index (χ2n) is 6.80. The molecule has 3 unspecified atom stereocenters. The molecular weight excluding hydrogens is 292 g/mol. The molecule has 2 fully saturated rings. The summed E-state index contributed by atoms with van der Waals surface area (Å²) in [6.45, 7) is 0.914. The number of hydrogen-bond acceptors (Lipinski definition) is 4. The van der Waals surface area contributed by atoms with Crippen LogP contribution < -0.4 is 4.74 Å². The molecule has 2 heterocycles. The van der Waals surface area contributed by atoms with Gasteiger partial charge in [-0.25, -0.2) is 0 Å². The van der Waals surface area contributed by atoms with Gasteiger partial charge >= 0.3 is 0 Å². The summed E-state index contributed by atoms with van der Waals surface area (Å²) in [4.78, 5) is 20.1. The van der Waals surface area contributed by atoms with E-state index in [4.69, 9.17) is 9.57 Å². The van der Waals surface area contributed by atoms with E-state index in [0.29, 0.717) is 18.4 Å². The summed E-state index contributed by atoms with van der Waals surface area (Å²) in [5, 5.41) is 4.15. The smallest absolute Gasteiger partial charge is 0.267 e. The van der Waals surface area contributed by atoms with Gasteiger partial charge in [0.25, 0.3) is 5.91 Å². The molecule has 3 aliphatic rings. The Balaban J connectivity index is 1.34. The van der Waals surface area contributed by atoms with Gasteiger partial charge in [0.15, 0.2) is 0 Å². The number of oxime groups is 1. The average Bonchev–Trinajstić information content (AvgIpc) is 3.31. The molecular formula is C18H22N2O3. The lowest BCUT2D eigenvalue weighted by atomic mass is 10.0. The highest BCUT2D eigenvalue weighted by Gasteiger charge is 2.43. The monoisotopic (exact) mass is 314 g/mol. The van der Waals surface area contributed by atoms with Crippen LogP contribution in [0.1, 0.15) is 31.2 Å². The molecule has 5 nitrogen and oxygen atoms in total. The first kappa shape index (κ1) is 14.5. The molecule has 1 aliphatic carbocycles. The molecule has 0 spiro atoms. The Morgan fingerprint density at radius 3 is 2.83 bits per heavy atom. The van der Waals surface area contributed by atoms with Crippen molar-refractivity contribution < 1.29 is 14.4 Å². The van der Waals surface area contributed by atoms with E-state index >= 15 is 0 Å². The van der Waals surface area contributed by atoms with Crippen molar-refractivity contribution in [1.29, 1.82) is 0 Å². The van der Waals surface area contributed by atoms with Crippen molar-refractivity contribution in [3.05, 3.63) is 29.8 Å². The molecule has 1 amide bonds. The molecule has 1 saturated heterocycles. The predicted octanol–water partition coefficient (Wildman–Crippen LogP) is 2.39. The van der Waals surface area contributed by atoms with Gasteiger partial charge in [0.05, 0.1) is 12.8 Å². The predicted molar refractivity (Wildman–Crippen MR) is 86.5 cm³/mol. The number of methoxy groups -OCH3 is 1. The van der Waals surface area contributed by atoms with Crippen molar-refractivity contribution in [2.75, 3.05) is 13.7 Å². The van der Waals surface area contributed by atoms with Gasteiger partial charge in [-0.15, -0.1) is 0 Å². The Kier molecular flexibility index (Phi) is 3.71. The summed E-state index contributed by atoms with van der Waals surface area (Å²) < 4.78 is 5.16. The fourth-order valence-electron chi connectivity index (χ4n) is 4.02. The molecule has 122 valence electrons. The molecule has 0 aromatic heterocycles. The van der Waals surface area contributed by atoms with Crippen molar-refractivity contribution in [3.8, 4) is 5.75 Å². The van der Waals surface area contributed by atoms with Gasteiger partial charge in [-0.2, -0.15) is 0 Å². The van der Waals surface area contributed by atoms with Gasteiger partial charge in [-0.05, 0) is 42.9 Å². The van der Waals surface area contributed by atoms with Crippen molar-refractivity contribution in [2.24, 2.45) is 11.1 Å². The summed E-state index contributed by atoms with van der Waals surface area (Å²) in [5.74, 6) is 1.69. The van der Waals surface area contributed by atoms with Crippen LogP contribution in [0.3, 0.4) is 0 Å².